The van der Waals surface area contributed by atoms with Crippen molar-refractivity contribution in [2.45, 2.75) is 44.3 Å². The van der Waals surface area contributed by atoms with Crippen LogP contribution in [0.2, 0.25) is 0 Å². The average Bonchev–Trinajstić information content (AvgIpc) is 2.48. The summed E-state index contributed by atoms with van der Waals surface area (Å²) in [6, 6.07) is 5.96. The van der Waals surface area contributed by atoms with Gasteiger partial charge in [-0.15, -0.1) is 0 Å². The van der Waals surface area contributed by atoms with Crippen molar-refractivity contribution in [1.29, 1.82) is 0 Å². The molecule has 1 aromatic carbocycles. The molecule has 2 atom stereocenters. The van der Waals surface area contributed by atoms with Crippen LogP contribution in [0, 0.1) is 5.82 Å². The highest BCUT2D eigenvalue weighted by Gasteiger charge is 2.23. The Hall–Kier alpha value is -1.09. The van der Waals surface area contributed by atoms with Gasteiger partial charge >= 0.3 is 0 Å². The largest absolute Gasteiger partial charge is 0.488 e. The number of halogens is 1. The maximum absolute atomic E-state index is 12.7. The van der Waals surface area contributed by atoms with Crippen LogP contribution in [0.1, 0.15) is 32.1 Å². The van der Waals surface area contributed by atoms with Gasteiger partial charge in [0.1, 0.15) is 17.7 Å². The van der Waals surface area contributed by atoms with Gasteiger partial charge in [-0.3, -0.25) is 0 Å². The lowest BCUT2D eigenvalue weighted by molar-refractivity contribution is 0.0319. The first-order valence-corrected chi connectivity index (χ1v) is 5.86. The van der Waals surface area contributed by atoms with Crippen molar-refractivity contribution in [2.24, 2.45) is 0 Å². The van der Waals surface area contributed by atoms with Gasteiger partial charge in [0.2, 0.25) is 0 Å². The summed E-state index contributed by atoms with van der Waals surface area (Å²) >= 11 is 0. The number of benzene rings is 1. The van der Waals surface area contributed by atoms with Crippen molar-refractivity contribution < 1.29 is 14.2 Å². The van der Waals surface area contributed by atoms with Crippen LogP contribution in [0.3, 0.4) is 0 Å². The zero-order chi connectivity index (χ0) is 11.4. The number of hydrogen-bond donors (Lipinski definition) is 1. The monoisotopic (exact) mass is 224 g/mol. The van der Waals surface area contributed by atoms with Gasteiger partial charge in [-0.05, 0) is 43.5 Å². The molecule has 2 rings (SSSR count). The lowest BCUT2D eigenvalue weighted by Gasteiger charge is -2.21. The third kappa shape index (κ3) is 2.95. The second-order valence-corrected chi connectivity index (χ2v) is 4.32. The lowest BCUT2D eigenvalue weighted by Crippen LogP contribution is -2.30. The van der Waals surface area contributed by atoms with Crippen LogP contribution in [0.5, 0.6) is 5.75 Å². The van der Waals surface area contributed by atoms with E-state index in [1.54, 1.807) is 12.1 Å². The molecule has 0 amide bonds. The van der Waals surface area contributed by atoms with Crippen LogP contribution in [0.15, 0.2) is 24.3 Å². The van der Waals surface area contributed by atoms with Gasteiger partial charge in [0.05, 0.1) is 6.10 Å². The maximum Gasteiger partial charge on any atom is 0.124 e. The Morgan fingerprint density at radius 3 is 2.50 bits per heavy atom. The number of rotatable bonds is 2. The molecular weight excluding hydrogens is 207 g/mol. The SMILES string of the molecule is OC1CCCCCC1Oc1ccc(F)cc1. The van der Waals surface area contributed by atoms with Gasteiger partial charge in [-0.25, -0.2) is 4.39 Å². The minimum absolute atomic E-state index is 0.145. The smallest absolute Gasteiger partial charge is 0.124 e. The van der Waals surface area contributed by atoms with Crippen molar-refractivity contribution in [3.8, 4) is 5.75 Å². The van der Waals surface area contributed by atoms with Gasteiger partial charge in [-0.2, -0.15) is 0 Å². The number of aliphatic hydroxyl groups excluding tert-OH is 1. The summed E-state index contributed by atoms with van der Waals surface area (Å²) in [6.07, 6.45) is 4.43. The predicted octanol–water partition coefficient (Wildman–Crippen LogP) is 2.90. The molecule has 0 saturated heterocycles. The second-order valence-electron chi connectivity index (χ2n) is 4.32. The third-order valence-electron chi connectivity index (χ3n) is 3.02. The van der Waals surface area contributed by atoms with Crippen molar-refractivity contribution in [3.05, 3.63) is 30.1 Å². The van der Waals surface area contributed by atoms with E-state index in [1.807, 2.05) is 0 Å². The van der Waals surface area contributed by atoms with E-state index in [0.29, 0.717) is 5.75 Å². The molecule has 1 N–H and O–H groups in total. The van der Waals surface area contributed by atoms with E-state index in [-0.39, 0.29) is 11.9 Å². The van der Waals surface area contributed by atoms with E-state index < -0.39 is 6.10 Å². The number of aliphatic hydroxyl groups is 1. The molecule has 88 valence electrons. The minimum atomic E-state index is -0.396. The molecule has 0 aromatic heterocycles. The van der Waals surface area contributed by atoms with E-state index >= 15 is 0 Å². The molecule has 0 spiro atoms. The average molecular weight is 224 g/mol. The van der Waals surface area contributed by atoms with E-state index in [1.165, 1.54) is 12.1 Å². The first-order chi connectivity index (χ1) is 7.75. The topological polar surface area (TPSA) is 29.5 Å². The molecule has 2 unspecified atom stereocenters. The molecule has 16 heavy (non-hydrogen) atoms. The molecule has 0 aliphatic heterocycles. The van der Waals surface area contributed by atoms with Crippen LogP contribution >= 0.6 is 0 Å². The molecule has 1 aromatic rings. The van der Waals surface area contributed by atoms with E-state index in [2.05, 4.69) is 0 Å². The molecule has 0 radical (unpaired) electrons. The van der Waals surface area contributed by atoms with Gasteiger partial charge in [0.25, 0.3) is 0 Å². The van der Waals surface area contributed by atoms with E-state index in [9.17, 15) is 9.50 Å². The summed E-state index contributed by atoms with van der Waals surface area (Å²) in [5, 5.41) is 9.87. The summed E-state index contributed by atoms with van der Waals surface area (Å²) in [6.45, 7) is 0. The number of hydrogen-bond acceptors (Lipinski definition) is 2. The zero-order valence-corrected chi connectivity index (χ0v) is 9.23. The van der Waals surface area contributed by atoms with E-state index in [0.717, 1.165) is 32.1 Å². The Bertz CT molecular complexity index is 323. The molecule has 1 aliphatic rings. The van der Waals surface area contributed by atoms with Gasteiger partial charge in [-0.1, -0.05) is 12.8 Å². The molecule has 0 heterocycles. The molecule has 3 heteroatoms. The fourth-order valence-corrected chi connectivity index (χ4v) is 2.08. The van der Waals surface area contributed by atoms with Crippen LogP contribution in [-0.4, -0.2) is 17.3 Å². The first kappa shape index (κ1) is 11.4. The highest BCUT2D eigenvalue weighted by atomic mass is 19.1. The highest BCUT2D eigenvalue weighted by Crippen LogP contribution is 2.23. The lowest BCUT2D eigenvalue weighted by atomic mass is 10.1. The summed E-state index contributed by atoms with van der Waals surface area (Å²) in [7, 11) is 0. The normalized spacial score (nSPS) is 26.1. The second kappa shape index (κ2) is 5.30. The zero-order valence-electron chi connectivity index (χ0n) is 9.23. The molecule has 1 aliphatic carbocycles. The molecule has 1 saturated carbocycles. The van der Waals surface area contributed by atoms with Gasteiger partial charge in [0, 0.05) is 0 Å². The summed E-state index contributed by atoms with van der Waals surface area (Å²) in [4.78, 5) is 0. The molecular formula is C13H17FO2. The van der Waals surface area contributed by atoms with Crippen LogP contribution in [0.25, 0.3) is 0 Å². The molecule has 1 fully saturated rings. The van der Waals surface area contributed by atoms with Crippen molar-refractivity contribution in [3.63, 3.8) is 0 Å². The Morgan fingerprint density at radius 1 is 1.06 bits per heavy atom. The Balaban J connectivity index is 1.99. The van der Waals surface area contributed by atoms with Gasteiger partial charge in [0.15, 0.2) is 0 Å². The third-order valence-corrected chi connectivity index (χ3v) is 3.02. The van der Waals surface area contributed by atoms with Crippen LogP contribution in [0.4, 0.5) is 4.39 Å². The fraction of sp³-hybridized carbons (Fsp3) is 0.538. The Labute approximate surface area is 95.1 Å². The minimum Gasteiger partial charge on any atom is -0.488 e. The Morgan fingerprint density at radius 2 is 1.75 bits per heavy atom. The van der Waals surface area contributed by atoms with Crippen LogP contribution in [-0.2, 0) is 0 Å². The fourth-order valence-electron chi connectivity index (χ4n) is 2.08. The standard InChI is InChI=1S/C13H17FO2/c14-10-6-8-11(9-7-10)16-13-5-3-1-2-4-12(13)15/h6-9,12-13,15H,1-5H2. The predicted molar refractivity (Wildman–Crippen MR) is 59.9 cm³/mol. The van der Waals surface area contributed by atoms with Crippen molar-refractivity contribution in [1.82, 2.24) is 0 Å². The van der Waals surface area contributed by atoms with Crippen LogP contribution < -0.4 is 4.74 Å². The Kier molecular flexibility index (Phi) is 3.78. The summed E-state index contributed by atoms with van der Waals surface area (Å²) < 4.78 is 18.4. The maximum atomic E-state index is 12.7. The van der Waals surface area contributed by atoms with Crippen molar-refractivity contribution in [2.75, 3.05) is 0 Å². The van der Waals surface area contributed by atoms with Crippen molar-refractivity contribution >= 4 is 0 Å². The molecule has 0 bridgehead atoms. The van der Waals surface area contributed by atoms with Gasteiger partial charge < -0.3 is 9.84 Å². The summed E-state index contributed by atoms with van der Waals surface area (Å²) in [5.41, 5.74) is 0. The summed E-state index contributed by atoms with van der Waals surface area (Å²) in [5.74, 6) is 0.362. The van der Waals surface area contributed by atoms with E-state index in [4.69, 9.17) is 4.74 Å². The molecule has 2 nitrogen and oxygen atoms in total. The highest BCUT2D eigenvalue weighted by molar-refractivity contribution is 5.22. The first-order valence-electron chi connectivity index (χ1n) is 5.86. The quantitative estimate of drug-likeness (QED) is 0.783. The number of ether oxygens (including phenoxy) is 1.